The van der Waals surface area contributed by atoms with Crippen molar-refractivity contribution in [1.29, 1.82) is 0 Å². The maximum absolute atomic E-state index is 12.1. The minimum Gasteiger partial charge on any atom is -0.302 e. The zero-order chi connectivity index (χ0) is 32.8. The Morgan fingerprint density at radius 1 is 0.311 bits per heavy atom. The van der Waals surface area contributed by atoms with E-state index in [-0.39, 0.29) is 0 Å². The van der Waals surface area contributed by atoms with Crippen LogP contribution in [0, 0.1) is 0 Å². The number of phosphoric acid groups is 1. The molecule has 1 atom stereocenters. The molecule has 0 aromatic rings. The molecular formula is C40H83O4P. The molecule has 0 aromatic carbocycles. The summed E-state index contributed by atoms with van der Waals surface area (Å²) in [5.74, 6) is 0. The average Bonchev–Trinajstić information content (AvgIpc) is 3.03. The van der Waals surface area contributed by atoms with Gasteiger partial charge in [0.25, 0.3) is 0 Å². The molecule has 0 rings (SSSR count). The van der Waals surface area contributed by atoms with E-state index in [2.05, 4.69) is 13.8 Å². The van der Waals surface area contributed by atoms with Crippen LogP contribution in [-0.4, -0.2) is 18.1 Å². The molecule has 0 amide bonds. The van der Waals surface area contributed by atoms with E-state index in [1.165, 1.54) is 205 Å². The minimum atomic E-state index is -3.88. The molecule has 1 N–H and O–H groups in total. The summed E-state index contributed by atoms with van der Waals surface area (Å²) in [7, 11) is -3.88. The van der Waals surface area contributed by atoms with Crippen LogP contribution in [0.4, 0.5) is 0 Å². The lowest BCUT2D eigenvalue weighted by Gasteiger charge is -2.12. The second kappa shape index (κ2) is 38.6. The van der Waals surface area contributed by atoms with Crippen molar-refractivity contribution in [2.45, 2.75) is 245 Å². The van der Waals surface area contributed by atoms with Gasteiger partial charge in [-0.15, -0.1) is 0 Å². The number of unbranched alkanes of at least 4 members (excludes halogenated alkanes) is 34. The molecule has 0 saturated carbocycles. The number of rotatable bonds is 40. The zero-order valence-corrected chi connectivity index (χ0v) is 31.9. The molecule has 0 spiro atoms. The van der Waals surface area contributed by atoms with E-state index in [0.29, 0.717) is 13.2 Å². The number of hydrogen-bond acceptors (Lipinski definition) is 3. The third-order valence-corrected chi connectivity index (χ3v) is 10.5. The molecule has 0 aliphatic rings. The molecule has 0 aliphatic heterocycles. The first-order valence-electron chi connectivity index (χ1n) is 20.7. The standard InChI is InChI=1S/C40H83O4P/c1-3-5-7-9-11-13-15-17-19-21-22-23-24-26-28-30-32-34-36-38-40-44-45(41,42)43-39-37-35-33-31-29-27-25-20-18-16-14-12-10-8-6-4-2/h3-40H2,1-2H3,(H,41,42). The molecule has 272 valence electrons. The summed E-state index contributed by atoms with van der Waals surface area (Å²) in [6.45, 7) is 5.22. The normalized spacial score (nSPS) is 13.0. The van der Waals surface area contributed by atoms with Crippen LogP contribution in [0.2, 0.25) is 0 Å². The second-order valence-corrected chi connectivity index (χ2v) is 15.6. The lowest BCUT2D eigenvalue weighted by atomic mass is 10.0. The van der Waals surface area contributed by atoms with E-state index in [1.807, 2.05) is 0 Å². The summed E-state index contributed by atoms with van der Waals surface area (Å²) in [6.07, 6.45) is 48.1. The third kappa shape index (κ3) is 40.2. The fourth-order valence-corrected chi connectivity index (χ4v) is 7.20. The molecule has 0 aromatic heterocycles. The van der Waals surface area contributed by atoms with Crippen LogP contribution >= 0.6 is 7.82 Å². The highest BCUT2D eigenvalue weighted by Gasteiger charge is 2.19. The van der Waals surface area contributed by atoms with E-state index in [0.717, 1.165) is 25.7 Å². The summed E-state index contributed by atoms with van der Waals surface area (Å²) in [5, 5.41) is 0. The van der Waals surface area contributed by atoms with Crippen LogP contribution in [0.15, 0.2) is 0 Å². The molecule has 0 bridgehead atoms. The lowest BCUT2D eigenvalue weighted by Crippen LogP contribution is -1.99. The van der Waals surface area contributed by atoms with Crippen LogP contribution in [0.5, 0.6) is 0 Å². The number of phosphoric ester groups is 1. The van der Waals surface area contributed by atoms with Crippen molar-refractivity contribution >= 4 is 7.82 Å². The van der Waals surface area contributed by atoms with E-state index >= 15 is 0 Å². The highest BCUT2D eigenvalue weighted by Crippen LogP contribution is 2.43. The molecule has 0 fully saturated rings. The van der Waals surface area contributed by atoms with Crippen LogP contribution in [0.25, 0.3) is 0 Å². The zero-order valence-electron chi connectivity index (χ0n) is 31.0. The van der Waals surface area contributed by atoms with Crippen molar-refractivity contribution in [2.24, 2.45) is 0 Å². The van der Waals surface area contributed by atoms with E-state index in [9.17, 15) is 9.46 Å². The minimum absolute atomic E-state index is 0.325. The molecule has 1 unspecified atom stereocenters. The Balaban J connectivity index is 3.25. The molecule has 0 saturated heterocycles. The predicted octanol–water partition coefficient (Wildman–Crippen LogP) is 15.2. The van der Waals surface area contributed by atoms with Gasteiger partial charge in [-0.2, -0.15) is 0 Å². The molecule has 5 heteroatoms. The van der Waals surface area contributed by atoms with Gasteiger partial charge in [0.05, 0.1) is 13.2 Å². The Morgan fingerprint density at radius 2 is 0.467 bits per heavy atom. The van der Waals surface area contributed by atoms with Crippen molar-refractivity contribution in [3.05, 3.63) is 0 Å². The highest BCUT2D eigenvalue weighted by molar-refractivity contribution is 7.47. The second-order valence-electron chi connectivity index (χ2n) is 14.2. The molecule has 4 nitrogen and oxygen atoms in total. The predicted molar refractivity (Wildman–Crippen MR) is 199 cm³/mol. The third-order valence-electron chi connectivity index (χ3n) is 9.50. The van der Waals surface area contributed by atoms with Gasteiger partial charge in [0.1, 0.15) is 0 Å². The fraction of sp³-hybridized carbons (Fsp3) is 1.00. The quantitative estimate of drug-likeness (QED) is 0.0526. The molecule has 0 aliphatic carbocycles. The van der Waals surface area contributed by atoms with E-state index in [4.69, 9.17) is 9.05 Å². The topological polar surface area (TPSA) is 55.8 Å². The largest absolute Gasteiger partial charge is 0.472 e. The van der Waals surface area contributed by atoms with Gasteiger partial charge in [0.2, 0.25) is 0 Å². The Labute approximate surface area is 284 Å². The Kier molecular flexibility index (Phi) is 38.7. The van der Waals surface area contributed by atoms with Gasteiger partial charge in [-0.05, 0) is 12.8 Å². The lowest BCUT2D eigenvalue weighted by molar-refractivity contribution is 0.145. The van der Waals surface area contributed by atoms with Crippen molar-refractivity contribution < 1.29 is 18.5 Å². The SMILES string of the molecule is CCCCCCCCCCCCCCCCCCCCCCOP(=O)(O)OCCCCCCCCCCCCCCCCCC. The summed E-state index contributed by atoms with van der Waals surface area (Å²) < 4.78 is 22.5. The Bertz CT molecular complexity index is 585. The summed E-state index contributed by atoms with van der Waals surface area (Å²) in [5.41, 5.74) is 0. The fourth-order valence-electron chi connectivity index (χ4n) is 6.40. The van der Waals surface area contributed by atoms with Gasteiger partial charge in [-0.25, -0.2) is 4.57 Å². The van der Waals surface area contributed by atoms with Crippen molar-refractivity contribution in [3.63, 3.8) is 0 Å². The maximum Gasteiger partial charge on any atom is 0.472 e. The van der Waals surface area contributed by atoms with Crippen LogP contribution in [0.3, 0.4) is 0 Å². The first-order chi connectivity index (χ1) is 22.1. The van der Waals surface area contributed by atoms with Gasteiger partial charge in [0, 0.05) is 0 Å². The van der Waals surface area contributed by atoms with Crippen molar-refractivity contribution in [3.8, 4) is 0 Å². The van der Waals surface area contributed by atoms with Gasteiger partial charge < -0.3 is 4.89 Å². The van der Waals surface area contributed by atoms with E-state index in [1.54, 1.807) is 0 Å². The van der Waals surface area contributed by atoms with Crippen molar-refractivity contribution in [2.75, 3.05) is 13.2 Å². The van der Waals surface area contributed by atoms with E-state index < -0.39 is 7.82 Å². The van der Waals surface area contributed by atoms with Gasteiger partial charge in [-0.1, -0.05) is 232 Å². The highest BCUT2D eigenvalue weighted by atomic mass is 31.2. The summed E-state index contributed by atoms with van der Waals surface area (Å²) in [6, 6.07) is 0. The smallest absolute Gasteiger partial charge is 0.302 e. The van der Waals surface area contributed by atoms with Crippen LogP contribution < -0.4 is 0 Å². The first kappa shape index (κ1) is 45.1. The van der Waals surface area contributed by atoms with Gasteiger partial charge in [-0.3, -0.25) is 9.05 Å². The Morgan fingerprint density at radius 3 is 0.644 bits per heavy atom. The summed E-state index contributed by atoms with van der Waals surface area (Å²) >= 11 is 0. The summed E-state index contributed by atoms with van der Waals surface area (Å²) in [4.78, 5) is 9.91. The maximum atomic E-state index is 12.1. The Hall–Kier alpha value is 0.110. The molecule has 45 heavy (non-hydrogen) atoms. The van der Waals surface area contributed by atoms with Gasteiger partial charge in [0.15, 0.2) is 0 Å². The van der Waals surface area contributed by atoms with Crippen LogP contribution in [0.1, 0.15) is 245 Å². The molecular weight excluding hydrogens is 575 g/mol. The monoisotopic (exact) mass is 659 g/mol. The molecule has 0 radical (unpaired) electrons. The number of hydrogen-bond donors (Lipinski definition) is 1. The van der Waals surface area contributed by atoms with Gasteiger partial charge >= 0.3 is 7.82 Å². The first-order valence-corrected chi connectivity index (χ1v) is 22.2. The van der Waals surface area contributed by atoms with Crippen LogP contribution in [-0.2, 0) is 13.6 Å². The average molecular weight is 659 g/mol. The molecule has 0 heterocycles. The van der Waals surface area contributed by atoms with Crippen molar-refractivity contribution in [1.82, 2.24) is 0 Å².